The summed E-state index contributed by atoms with van der Waals surface area (Å²) >= 11 is 0. The first-order chi connectivity index (χ1) is 8.34. The molecule has 1 fully saturated rings. The van der Waals surface area contributed by atoms with Gasteiger partial charge in [0, 0.05) is 12.5 Å². The van der Waals surface area contributed by atoms with E-state index in [0.29, 0.717) is 11.7 Å². The second kappa shape index (κ2) is 4.38. The molecule has 0 aliphatic carbocycles. The van der Waals surface area contributed by atoms with E-state index in [1.807, 2.05) is 24.3 Å². The summed E-state index contributed by atoms with van der Waals surface area (Å²) in [6.45, 7) is 2.08. The van der Waals surface area contributed by atoms with Crippen molar-refractivity contribution >= 4 is 10.8 Å². The predicted molar refractivity (Wildman–Crippen MR) is 70.5 cm³/mol. The van der Waals surface area contributed by atoms with Crippen molar-refractivity contribution in [2.75, 3.05) is 13.1 Å². The smallest absolute Gasteiger partial charge is 0.119 e. The average Bonchev–Trinajstić information content (AvgIpc) is 2.39. The normalized spacial score (nSPS) is 20.6. The number of benzene rings is 2. The molecule has 88 valence electrons. The fourth-order valence-corrected chi connectivity index (χ4v) is 2.69. The summed E-state index contributed by atoms with van der Waals surface area (Å²) < 4.78 is 0. The number of hydrogen-bond acceptors (Lipinski definition) is 2. The lowest BCUT2D eigenvalue weighted by Gasteiger charge is -2.24. The number of nitrogens with one attached hydrogen (secondary N) is 1. The molecule has 1 atom stereocenters. The second-order valence-electron chi connectivity index (χ2n) is 4.80. The van der Waals surface area contributed by atoms with Crippen LogP contribution in [0, 0.1) is 0 Å². The molecule has 0 amide bonds. The van der Waals surface area contributed by atoms with Crippen LogP contribution in [0.2, 0.25) is 0 Å². The van der Waals surface area contributed by atoms with Gasteiger partial charge in [-0.05, 0) is 47.9 Å². The van der Waals surface area contributed by atoms with Gasteiger partial charge in [0.15, 0.2) is 0 Å². The molecule has 2 nitrogen and oxygen atoms in total. The Bertz CT molecular complexity index is 529. The van der Waals surface area contributed by atoms with E-state index in [2.05, 4.69) is 17.4 Å². The molecule has 2 N–H and O–H groups in total. The molecule has 1 unspecified atom stereocenters. The number of fused-ring (bicyclic) bond motifs is 1. The first kappa shape index (κ1) is 10.6. The summed E-state index contributed by atoms with van der Waals surface area (Å²) in [6, 6.07) is 12.2. The minimum atomic E-state index is 0.442. The largest absolute Gasteiger partial charge is 0.508 e. The van der Waals surface area contributed by atoms with Crippen LogP contribution < -0.4 is 5.32 Å². The molecular formula is C15H17NO. The van der Waals surface area contributed by atoms with Crippen molar-refractivity contribution in [3.05, 3.63) is 42.0 Å². The van der Waals surface area contributed by atoms with Crippen LogP contribution in [0.3, 0.4) is 0 Å². The van der Waals surface area contributed by atoms with Crippen molar-refractivity contribution < 1.29 is 5.11 Å². The molecule has 0 aromatic heterocycles. The van der Waals surface area contributed by atoms with Gasteiger partial charge in [0.05, 0.1) is 0 Å². The van der Waals surface area contributed by atoms with Crippen molar-refractivity contribution in [1.29, 1.82) is 0 Å². The number of rotatable bonds is 1. The molecule has 0 radical (unpaired) electrons. The highest BCUT2D eigenvalue weighted by Crippen LogP contribution is 2.33. The second-order valence-corrected chi connectivity index (χ2v) is 4.80. The molecule has 2 aromatic rings. The molecular weight excluding hydrogens is 210 g/mol. The fourth-order valence-electron chi connectivity index (χ4n) is 2.69. The van der Waals surface area contributed by atoms with Crippen LogP contribution in [0.25, 0.3) is 10.8 Å². The zero-order chi connectivity index (χ0) is 11.7. The molecule has 1 saturated heterocycles. The zero-order valence-electron chi connectivity index (χ0n) is 9.82. The lowest BCUT2D eigenvalue weighted by molar-refractivity contribution is 0.426. The van der Waals surface area contributed by atoms with E-state index in [-0.39, 0.29) is 0 Å². The van der Waals surface area contributed by atoms with Gasteiger partial charge in [-0.2, -0.15) is 0 Å². The van der Waals surface area contributed by atoms with Crippen LogP contribution in [0.15, 0.2) is 36.4 Å². The van der Waals surface area contributed by atoms with Crippen LogP contribution in [0.4, 0.5) is 0 Å². The van der Waals surface area contributed by atoms with Crippen molar-refractivity contribution in [2.24, 2.45) is 0 Å². The Labute approximate surface area is 101 Å². The third kappa shape index (κ3) is 2.01. The molecule has 2 aromatic carbocycles. The third-order valence-electron chi connectivity index (χ3n) is 3.63. The van der Waals surface area contributed by atoms with Crippen molar-refractivity contribution in [2.45, 2.75) is 18.8 Å². The van der Waals surface area contributed by atoms with Crippen LogP contribution in [-0.4, -0.2) is 18.2 Å². The van der Waals surface area contributed by atoms with Gasteiger partial charge in [-0.1, -0.05) is 24.3 Å². The maximum Gasteiger partial charge on any atom is 0.119 e. The number of hydrogen-bond donors (Lipinski definition) is 2. The quantitative estimate of drug-likeness (QED) is 0.785. The molecule has 0 spiro atoms. The predicted octanol–water partition coefficient (Wildman–Crippen LogP) is 3.01. The van der Waals surface area contributed by atoms with E-state index in [1.54, 1.807) is 0 Å². The van der Waals surface area contributed by atoms with Crippen LogP contribution in [0.5, 0.6) is 5.75 Å². The lowest BCUT2D eigenvalue weighted by Crippen LogP contribution is -2.28. The van der Waals surface area contributed by atoms with Gasteiger partial charge >= 0.3 is 0 Å². The summed E-state index contributed by atoms with van der Waals surface area (Å²) in [4.78, 5) is 0. The molecule has 0 saturated carbocycles. The summed E-state index contributed by atoms with van der Waals surface area (Å²) in [5.74, 6) is 0.894. The van der Waals surface area contributed by atoms with Gasteiger partial charge in [0.25, 0.3) is 0 Å². The van der Waals surface area contributed by atoms with Crippen LogP contribution in [-0.2, 0) is 0 Å². The standard InChI is InChI=1S/C15H17NO/c17-15-9-12-5-2-1-4-11(12)8-14(15)13-6-3-7-16-10-13/h1-2,4-5,8-9,13,16-17H,3,6-7,10H2. The van der Waals surface area contributed by atoms with E-state index < -0.39 is 0 Å². The molecule has 3 rings (SSSR count). The molecule has 17 heavy (non-hydrogen) atoms. The SMILES string of the molecule is Oc1cc2ccccc2cc1C1CCCNC1. The number of piperidine rings is 1. The third-order valence-corrected chi connectivity index (χ3v) is 3.63. The zero-order valence-corrected chi connectivity index (χ0v) is 9.82. The van der Waals surface area contributed by atoms with E-state index in [4.69, 9.17) is 0 Å². The van der Waals surface area contributed by atoms with E-state index in [0.717, 1.165) is 24.0 Å². The van der Waals surface area contributed by atoms with Gasteiger partial charge in [0.1, 0.15) is 5.75 Å². The Kier molecular flexibility index (Phi) is 2.73. The summed E-state index contributed by atoms with van der Waals surface area (Å²) in [7, 11) is 0. The maximum atomic E-state index is 10.1. The lowest BCUT2D eigenvalue weighted by atomic mass is 9.89. The highest BCUT2D eigenvalue weighted by molar-refractivity contribution is 5.85. The molecule has 1 aliphatic rings. The highest BCUT2D eigenvalue weighted by Gasteiger charge is 2.18. The fraction of sp³-hybridized carbons (Fsp3) is 0.333. The molecule has 2 heteroatoms. The Morgan fingerprint density at radius 1 is 1.12 bits per heavy atom. The first-order valence-corrected chi connectivity index (χ1v) is 6.27. The van der Waals surface area contributed by atoms with Gasteiger partial charge in [0.2, 0.25) is 0 Å². The number of phenolic OH excluding ortho intramolecular Hbond substituents is 1. The number of aromatic hydroxyl groups is 1. The Morgan fingerprint density at radius 3 is 2.59 bits per heavy atom. The summed E-state index contributed by atoms with van der Waals surface area (Å²) in [5.41, 5.74) is 1.09. The van der Waals surface area contributed by atoms with Gasteiger partial charge in [-0.15, -0.1) is 0 Å². The minimum absolute atomic E-state index is 0.442. The maximum absolute atomic E-state index is 10.1. The molecule has 1 aliphatic heterocycles. The van der Waals surface area contributed by atoms with Gasteiger partial charge < -0.3 is 10.4 Å². The van der Waals surface area contributed by atoms with Crippen molar-refractivity contribution in [3.8, 4) is 5.75 Å². The average molecular weight is 227 g/mol. The first-order valence-electron chi connectivity index (χ1n) is 6.27. The summed E-state index contributed by atoms with van der Waals surface area (Å²) in [6.07, 6.45) is 2.36. The number of phenols is 1. The summed E-state index contributed by atoms with van der Waals surface area (Å²) in [5, 5.41) is 15.9. The Morgan fingerprint density at radius 2 is 1.88 bits per heavy atom. The van der Waals surface area contributed by atoms with Crippen molar-refractivity contribution in [3.63, 3.8) is 0 Å². The van der Waals surface area contributed by atoms with Crippen molar-refractivity contribution in [1.82, 2.24) is 5.32 Å². The highest BCUT2D eigenvalue weighted by atomic mass is 16.3. The van der Waals surface area contributed by atoms with E-state index >= 15 is 0 Å². The van der Waals surface area contributed by atoms with Crippen LogP contribution in [0.1, 0.15) is 24.3 Å². The van der Waals surface area contributed by atoms with E-state index in [9.17, 15) is 5.11 Å². The van der Waals surface area contributed by atoms with Gasteiger partial charge in [-0.3, -0.25) is 0 Å². The Hall–Kier alpha value is -1.54. The van der Waals surface area contributed by atoms with Crippen LogP contribution >= 0.6 is 0 Å². The molecule has 1 heterocycles. The van der Waals surface area contributed by atoms with Gasteiger partial charge in [-0.25, -0.2) is 0 Å². The topological polar surface area (TPSA) is 32.3 Å². The molecule has 0 bridgehead atoms. The monoisotopic (exact) mass is 227 g/mol. The van der Waals surface area contributed by atoms with E-state index in [1.165, 1.54) is 18.2 Å². The Balaban J connectivity index is 2.06. The minimum Gasteiger partial charge on any atom is -0.508 e.